The van der Waals surface area contributed by atoms with Crippen LogP contribution in [0.4, 0.5) is 4.39 Å². The van der Waals surface area contributed by atoms with E-state index in [9.17, 15) is 4.39 Å². The summed E-state index contributed by atoms with van der Waals surface area (Å²) < 4.78 is 21.6. The first-order valence-corrected chi connectivity index (χ1v) is 7.62. The highest BCUT2D eigenvalue weighted by molar-refractivity contribution is 9.10. The van der Waals surface area contributed by atoms with E-state index >= 15 is 0 Å². The first kappa shape index (κ1) is 13.8. The van der Waals surface area contributed by atoms with Crippen LogP contribution in [-0.4, -0.2) is 9.38 Å². The fourth-order valence-electron chi connectivity index (χ4n) is 1.77. The van der Waals surface area contributed by atoms with E-state index in [-0.39, 0.29) is 11.6 Å². The first-order chi connectivity index (χ1) is 9.60. The molecule has 0 fully saturated rings. The van der Waals surface area contributed by atoms with Crippen LogP contribution in [0.5, 0.6) is 11.6 Å². The van der Waals surface area contributed by atoms with E-state index in [0.29, 0.717) is 16.1 Å². The van der Waals surface area contributed by atoms with Crippen molar-refractivity contribution in [2.24, 2.45) is 5.73 Å². The van der Waals surface area contributed by atoms with E-state index in [1.54, 1.807) is 0 Å². The molecule has 0 spiro atoms. The Kier molecular flexibility index (Phi) is 3.68. The van der Waals surface area contributed by atoms with Gasteiger partial charge in [-0.2, -0.15) is 4.98 Å². The monoisotopic (exact) mass is 375 g/mol. The van der Waals surface area contributed by atoms with E-state index in [2.05, 4.69) is 20.9 Å². The maximum absolute atomic E-state index is 13.5. The predicted molar refractivity (Wildman–Crippen MR) is 80.1 cm³/mol. The SMILES string of the molecule is NCc1c(Oc2cc(F)c(Cl)cc2Br)nc2sccn12. The van der Waals surface area contributed by atoms with Gasteiger partial charge in [0, 0.05) is 24.2 Å². The normalized spacial score (nSPS) is 11.2. The number of benzene rings is 1. The van der Waals surface area contributed by atoms with Crippen LogP contribution in [0, 0.1) is 5.82 Å². The third-order valence-electron chi connectivity index (χ3n) is 2.70. The third kappa shape index (κ3) is 2.31. The zero-order valence-electron chi connectivity index (χ0n) is 9.94. The van der Waals surface area contributed by atoms with Crippen molar-refractivity contribution >= 4 is 43.8 Å². The van der Waals surface area contributed by atoms with Gasteiger partial charge in [0.15, 0.2) is 4.96 Å². The summed E-state index contributed by atoms with van der Waals surface area (Å²) in [6.07, 6.45) is 1.86. The van der Waals surface area contributed by atoms with Crippen LogP contribution in [0.25, 0.3) is 4.96 Å². The number of halogens is 3. The number of imidazole rings is 1. The average molecular weight is 377 g/mol. The summed E-state index contributed by atoms with van der Waals surface area (Å²) in [5.74, 6) is 0.106. The van der Waals surface area contributed by atoms with Crippen LogP contribution >= 0.6 is 38.9 Å². The molecule has 0 amide bonds. The number of nitrogens with two attached hydrogens (primary N) is 1. The summed E-state index contributed by atoms with van der Waals surface area (Å²) in [4.78, 5) is 5.10. The molecule has 2 aromatic heterocycles. The fraction of sp³-hybridized carbons (Fsp3) is 0.0833. The second kappa shape index (κ2) is 5.33. The molecule has 0 aliphatic carbocycles. The standard InChI is InChI=1S/C12H8BrClFN3OS/c13-6-3-7(14)8(15)4-10(6)19-11-9(5-16)18-1-2-20-12(18)17-11/h1-4H,5,16H2. The molecule has 0 saturated carbocycles. The van der Waals surface area contributed by atoms with Crippen molar-refractivity contribution in [1.29, 1.82) is 0 Å². The molecule has 2 heterocycles. The lowest BCUT2D eigenvalue weighted by Gasteiger charge is -2.07. The van der Waals surface area contributed by atoms with Gasteiger partial charge in [0.05, 0.1) is 9.50 Å². The Morgan fingerprint density at radius 3 is 3.05 bits per heavy atom. The molecule has 3 rings (SSSR count). The highest BCUT2D eigenvalue weighted by Crippen LogP contribution is 2.35. The number of aromatic nitrogens is 2. The number of hydrogen-bond acceptors (Lipinski definition) is 4. The molecule has 0 aliphatic heterocycles. The van der Waals surface area contributed by atoms with Crippen molar-refractivity contribution in [3.63, 3.8) is 0 Å². The molecule has 104 valence electrons. The zero-order valence-corrected chi connectivity index (χ0v) is 13.1. The molecule has 0 unspecified atom stereocenters. The van der Waals surface area contributed by atoms with Crippen LogP contribution in [0.3, 0.4) is 0 Å². The Hall–Kier alpha value is -1.15. The molecular weight excluding hydrogens is 369 g/mol. The van der Waals surface area contributed by atoms with Gasteiger partial charge in [-0.1, -0.05) is 11.6 Å². The van der Waals surface area contributed by atoms with Gasteiger partial charge in [-0.3, -0.25) is 4.40 Å². The molecule has 3 aromatic rings. The highest BCUT2D eigenvalue weighted by atomic mass is 79.9. The summed E-state index contributed by atoms with van der Waals surface area (Å²) in [7, 11) is 0. The van der Waals surface area contributed by atoms with E-state index < -0.39 is 5.82 Å². The minimum absolute atomic E-state index is 0.0223. The largest absolute Gasteiger partial charge is 0.436 e. The predicted octanol–water partition coefficient (Wildman–Crippen LogP) is 4.20. The lowest BCUT2D eigenvalue weighted by molar-refractivity contribution is 0.452. The maximum Gasteiger partial charge on any atom is 0.243 e. The summed E-state index contributed by atoms with van der Waals surface area (Å²) >= 11 is 10.4. The van der Waals surface area contributed by atoms with Gasteiger partial charge in [0.25, 0.3) is 0 Å². The molecule has 0 saturated heterocycles. The molecule has 0 aliphatic rings. The van der Waals surface area contributed by atoms with Gasteiger partial charge in [-0.15, -0.1) is 11.3 Å². The number of hydrogen-bond donors (Lipinski definition) is 1. The molecule has 2 N–H and O–H groups in total. The van der Waals surface area contributed by atoms with Gasteiger partial charge >= 0.3 is 0 Å². The van der Waals surface area contributed by atoms with Gasteiger partial charge < -0.3 is 10.5 Å². The summed E-state index contributed by atoms with van der Waals surface area (Å²) in [5, 5.41) is 1.93. The Bertz CT molecular complexity index is 788. The third-order valence-corrected chi connectivity index (χ3v) is 4.37. The summed E-state index contributed by atoms with van der Waals surface area (Å²) in [6, 6.07) is 2.65. The molecule has 4 nitrogen and oxygen atoms in total. The van der Waals surface area contributed by atoms with Crippen molar-refractivity contribution < 1.29 is 9.13 Å². The Labute approximate surface area is 131 Å². The fourth-order valence-corrected chi connectivity index (χ4v) is 3.21. The van der Waals surface area contributed by atoms with Gasteiger partial charge in [-0.25, -0.2) is 4.39 Å². The minimum atomic E-state index is -0.555. The first-order valence-electron chi connectivity index (χ1n) is 5.57. The average Bonchev–Trinajstić information content (AvgIpc) is 2.96. The molecule has 0 atom stereocenters. The van der Waals surface area contributed by atoms with E-state index in [1.807, 2.05) is 16.0 Å². The van der Waals surface area contributed by atoms with Crippen molar-refractivity contribution in [2.45, 2.75) is 6.54 Å². The summed E-state index contributed by atoms with van der Waals surface area (Å²) in [6.45, 7) is 0.265. The molecule has 1 aromatic carbocycles. The molecule has 0 bridgehead atoms. The molecular formula is C12H8BrClFN3OS. The van der Waals surface area contributed by atoms with Crippen LogP contribution < -0.4 is 10.5 Å². The second-order valence-corrected chi connectivity index (χ2v) is 6.06. The smallest absolute Gasteiger partial charge is 0.243 e. The summed E-state index contributed by atoms with van der Waals surface area (Å²) in [5.41, 5.74) is 6.45. The van der Waals surface area contributed by atoms with Crippen LogP contribution in [0.15, 0.2) is 28.2 Å². The highest BCUT2D eigenvalue weighted by Gasteiger charge is 2.16. The van der Waals surface area contributed by atoms with Crippen LogP contribution in [0.1, 0.15) is 5.69 Å². The van der Waals surface area contributed by atoms with Gasteiger partial charge in [0.2, 0.25) is 5.88 Å². The Balaban J connectivity index is 2.05. The quantitative estimate of drug-likeness (QED) is 0.697. The number of thiazole rings is 1. The van der Waals surface area contributed by atoms with E-state index in [0.717, 1.165) is 10.7 Å². The van der Waals surface area contributed by atoms with Gasteiger partial charge in [-0.05, 0) is 22.0 Å². The lowest BCUT2D eigenvalue weighted by atomic mass is 10.3. The Morgan fingerprint density at radius 2 is 2.30 bits per heavy atom. The van der Waals surface area contributed by atoms with Crippen LogP contribution in [0.2, 0.25) is 5.02 Å². The van der Waals surface area contributed by atoms with Crippen molar-refractivity contribution in [3.05, 3.63) is 44.7 Å². The van der Waals surface area contributed by atoms with Crippen molar-refractivity contribution in [2.75, 3.05) is 0 Å². The molecule has 0 radical (unpaired) electrons. The molecule has 20 heavy (non-hydrogen) atoms. The van der Waals surface area contributed by atoms with Crippen molar-refractivity contribution in [1.82, 2.24) is 9.38 Å². The zero-order chi connectivity index (χ0) is 14.3. The van der Waals surface area contributed by atoms with Crippen LogP contribution in [-0.2, 0) is 6.54 Å². The topological polar surface area (TPSA) is 52.5 Å². The van der Waals surface area contributed by atoms with E-state index in [1.165, 1.54) is 23.5 Å². The van der Waals surface area contributed by atoms with E-state index in [4.69, 9.17) is 22.1 Å². The van der Waals surface area contributed by atoms with Gasteiger partial charge in [0.1, 0.15) is 17.3 Å². The second-order valence-electron chi connectivity index (χ2n) is 3.92. The number of fused-ring (bicyclic) bond motifs is 1. The molecule has 8 heteroatoms. The number of ether oxygens (including phenoxy) is 1. The maximum atomic E-state index is 13.5. The number of nitrogens with zero attached hydrogens (tertiary/aromatic N) is 2. The lowest BCUT2D eigenvalue weighted by Crippen LogP contribution is -2.02. The minimum Gasteiger partial charge on any atom is -0.436 e. The Morgan fingerprint density at radius 1 is 1.50 bits per heavy atom. The van der Waals surface area contributed by atoms with Crippen molar-refractivity contribution in [3.8, 4) is 11.6 Å². The number of rotatable bonds is 3.